The fourth-order valence-corrected chi connectivity index (χ4v) is 6.03. The number of rotatable bonds is 7. The van der Waals surface area contributed by atoms with Crippen LogP contribution in [0.2, 0.25) is 0 Å². The van der Waals surface area contributed by atoms with Crippen LogP contribution in [0.3, 0.4) is 0 Å². The molecule has 8 nitrogen and oxygen atoms in total. The van der Waals surface area contributed by atoms with Gasteiger partial charge in [0.2, 0.25) is 0 Å². The first-order valence-corrected chi connectivity index (χ1v) is 9.01. The lowest BCUT2D eigenvalue weighted by Crippen LogP contribution is -2.39. The number of aliphatic hydroxyl groups excluding tert-OH is 1. The van der Waals surface area contributed by atoms with E-state index < -0.39 is 16.1 Å². The van der Waals surface area contributed by atoms with E-state index in [-0.39, 0.29) is 10.8 Å². The summed E-state index contributed by atoms with van der Waals surface area (Å²) in [7, 11) is -2.05. The van der Waals surface area contributed by atoms with E-state index >= 15 is 0 Å². The largest absolute Gasteiger partial charge is 0.387 e. The summed E-state index contributed by atoms with van der Waals surface area (Å²) in [5.41, 5.74) is 0.381. The number of nitrogens with zero attached hydrogens (tertiary/aromatic N) is 1. The Hall–Kier alpha value is -0.240. The molecule has 0 bridgehead atoms. The van der Waals surface area contributed by atoms with Crippen LogP contribution in [0.25, 0.3) is 0 Å². The molecule has 11 heteroatoms. The molecule has 0 spiro atoms. The minimum Gasteiger partial charge on any atom is -0.387 e. The average Bonchev–Trinajstić information content (AvgIpc) is 2.88. The van der Waals surface area contributed by atoms with Crippen molar-refractivity contribution in [3.8, 4) is 0 Å². The zero-order valence-corrected chi connectivity index (χ0v) is 13.7. The minimum absolute atomic E-state index is 0.0358. The topological polar surface area (TPSA) is 111 Å². The SMILES string of the molecule is COCCCN1CC(O)c2cc(SOON)sc2S1(=O)=O. The molecule has 2 rings (SSSR count). The number of β-amino-alcohol motifs (C(OH)–C–C–N with tert-alkyl or cyclic N) is 1. The summed E-state index contributed by atoms with van der Waals surface area (Å²) in [6.45, 7) is 0.797. The molecule has 1 aromatic heterocycles. The monoisotopic (exact) mass is 356 g/mol. The van der Waals surface area contributed by atoms with Gasteiger partial charge in [-0.05, 0) is 12.5 Å². The second-order valence-corrected chi connectivity index (χ2v) is 8.47. The molecule has 0 aromatic carbocycles. The first-order chi connectivity index (χ1) is 10.0. The number of thiophene rings is 1. The maximum absolute atomic E-state index is 12.5. The number of aliphatic hydroxyl groups is 1. The van der Waals surface area contributed by atoms with Gasteiger partial charge in [0.25, 0.3) is 10.0 Å². The molecule has 0 fully saturated rings. The average molecular weight is 356 g/mol. The van der Waals surface area contributed by atoms with Crippen molar-refractivity contribution >= 4 is 33.4 Å². The molecule has 0 amide bonds. The van der Waals surface area contributed by atoms with Crippen molar-refractivity contribution in [2.45, 2.75) is 20.9 Å². The zero-order chi connectivity index (χ0) is 15.5. The van der Waals surface area contributed by atoms with Gasteiger partial charge in [0.15, 0.2) is 0 Å². The van der Waals surface area contributed by atoms with Gasteiger partial charge in [0, 0.05) is 32.4 Å². The lowest BCUT2D eigenvalue weighted by molar-refractivity contribution is -0.195. The van der Waals surface area contributed by atoms with E-state index in [0.717, 1.165) is 23.4 Å². The van der Waals surface area contributed by atoms with Crippen LogP contribution in [-0.4, -0.2) is 44.6 Å². The molecule has 1 unspecified atom stereocenters. The van der Waals surface area contributed by atoms with Gasteiger partial charge in [-0.3, -0.25) is 0 Å². The summed E-state index contributed by atoms with van der Waals surface area (Å²) in [5, 5.41) is 10.1. The van der Waals surface area contributed by atoms with E-state index in [1.807, 2.05) is 0 Å². The number of hydrogen-bond acceptors (Lipinski definition) is 9. The normalized spacial score (nSPS) is 21.4. The summed E-state index contributed by atoms with van der Waals surface area (Å²) >= 11 is 1.81. The first-order valence-electron chi connectivity index (χ1n) is 6.01. The minimum atomic E-state index is -3.61. The molecular formula is C10H16N2O6S3. The van der Waals surface area contributed by atoms with Crippen LogP contribution in [-0.2, 0) is 24.1 Å². The molecule has 3 N–H and O–H groups in total. The highest BCUT2D eigenvalue weighted by Crippen LogP contribution is 2.42. The number of fused-ring (bicyclic) bond motifs is 1. The van der Waals surface area contributed by atoms with Crippen molar-refractivity contribution in [2.24, 2.45) is 5.90 Å². The number of hydrogen-bond donors (Lipinski definition) is 2. The number of nitrogens with two attached hydrogens (primary N) is 1. The number of sulfonamides is 1. The highest BCUT2D eigenvalue weighted by Gasteiger charge is 2.38. The Morgan fingerprint density at radius 3 is 3.05 bits per heavy atom. The number of methoxy groups -OCH3 is 1. The highest BCUT2D eigenvalue weighted by atomic mass is 32.3. The van der Waals surface area contributed by atoms with E-state index in [4.69, 9.17) is 10.6 Å². The van der Waals surface area contributed by atoms with E-state index in [1.165, 1.54) is 4.31 Å². The van der Waals surface area contributed by atoms with Crippen LogP contribution in [0.5, 0.6) is 0 Å². The summed E-state index contributed by atoms with van der Waals surface area (Å²) in [4.78, 5) is 3.98. The fourth-order valence-electron chi connectivity index (χ4n) is 2.00. The molecule has 0 saturated heterocycles. The summed E-state index contributed by atoms with van der Waals surface area (Å²) in [5.74, 6) is 4.74. The predicted octanol–water partition coefficient (Wildman–Crippen LogP) is 0.651. The van der Waals surface area contributed by atoms with Crippen LogP contribution < -0.4 is 5.90 Å². The lowest BCUT2D eigenvalue weighted by Gasteiger charge is -2.29. The van der Waals surface area contributed by atoms with E-state index in [9.17, 15) is 13.5 Å². The van der Waals surface area contributed by atoms with Crippen molar-refractivity contribution in [2.75, 3.05) is 26.8 Å². The van der Waals surface area contributed by atoms with Crippen molar-refractivity contribution in [3.05, 3.63) is 11.6 Å². The third-order valence-electron chi connectivity index (χ3n) is 2.92. The molecule has 0 aliphatic carbocycles. The van der Waals surface area contributed by atoms with Crippen LogP contribution in [0.4, 0.5) is 0 Å². The van der Waals surface area contributed by atoms with Crippen molar-refractivity contribution in [1.82, 2.24) is 4.31 Å². The predicted molar refractivity (Wildman–Crippen MR) is 76.7 cm³/mol. The van der Waals surface area contributed by atoms with Crippen molar-refractivity contribution in [3.63, 3.8) is 0 Å². The Bertz CT molecular complexity index is 575. The lowest BCUT2D eigenvalue weighted by atomic mass is 10.2. The molecule has 21 heavy (non-hydrogen) atoms. The van der Waals surface area contributed by atoms with Crippen LogP contribution >= 0.6 is 23.4 Å². The molecular weight excluding hydrogens is 340 g/mol. The molecule has 1 aliphatic rings. The second kappa shape index (κ2) is 7.35. The third-order valence-corrected chi connectivity index (χ3v) is 7.14. The Labute approximate surface area is 130 Å². The molecule has 1 atom stereocenters. The number of ether oxygens (including phenoxy) is 1. The van der Waals surface area contributed by atoms with Gasteiger partial charge in [-0.25, -0.2) is 8.42 Å². The van der Waals surface area contributed by atoms with Gasteiger partial charge in [-0.15, -0.1) is 20.7 Å². The molecule has 0 saturated carbocycles. The van der Waals surface area contributed by atoms with Gasteiger partial charge in [-0.2, -0.15) is 10.2 Å². The standard InChI is InChI=1S/C10H16N2O6S3/c1-16-4-2-3-12-6-8(13)7-5-9(20-18-17-11)19-10(7)21(12,14)15/h5,8,13H,2-4,6,11H2,1H3. The highest BCUT2D eigenvalue weighted by molar-refractivity contribution is 7.97. The van der Waals surface area contributed by atoms with Gasteiger partial charge in [0.05, 0.1) is 22.4 Å². The smallest absolute Gasteiger partial charge is 0.253 e. The van der Waals surface area contributed by atoms with Gasteiger partial charge in [-0.1, -0.05) is 0 Å². The summed E-state index contributed by atoms with van der Waals surface area (Å²) in [6, 6.07) is 1.57. The van der Waals surface area contributed by atoms with Crippen LogP contribution in [0.15, 0.2) is 14.5 Å². The molecule has 1 aliphatic heterocycles. The van der Waals surface area contributed by atoms with E-state index in [0.29, 0.717) is 29.3 Å². The molecule has 2 heterocycles. The van der Waals surface area contributed by atoms with Gasteiger partial charge in [0.1, 0.15) is 4.21 Å². The van der Waals surface area contributed by atoms with Crippen molar-refractivity contribution < 1.29 is 27.6 Å². The maximum Gasteiger partial charge on any atom is 0.253 e. The summed E-state index contributed by atoms with van der Waals surface area (Å²) < 4.78 is 36.4. The zero-order valence-electron chi connectivity index (χ0n) is 11.2. The van der Waals surface area contributed by atoms with E-state index in [2.05, 4.69) is 9.32 Å². The van der Waals surface area contributed by atoms with Crippen LogP contribution in [0.1, 0.15) is 18.1 Å². The molecule has 1 aromatic rings. The first kappa shape index (κ1) is 17.1. The second-order valence-electron chi connectivity index (χ2n) is 4.28. The molecule has 0 radical (unpaired) electrons. The van der Waals surface area contributed by atoms with Gasteiger partial charge < -0.3 is 9.84 Å². The summed E-state index contributed by atoms with van der Waals surface area (Å²) in [6.07, 6.45) is -0.301. The van der Waals surface area contributed by atoms with Gasteiger partial charge >= 0.3 is 0 Å². The quantitative estimate of drug-likeness (QED) is 0.317. The fraction of sp³-hybridized carbons (Fsp3) is 0.600. The third kappa shape index (κ3) is 3.75. The van der Waals surface area contributed by atoms with Crippen LogP contribution in [0, 0.1) is 0 Å². The Morgan fingerprint density at radius 1 is 1.62 bits per heavy atom. The Kier molecular flexibility index (Phi) is 5.99. The van der Waals surface area contributed by atoms with E-state index in [1.54, 1.807) is 13.2 Å². The molecule has 120 valence electrons. The Morgan fingerprint density at radius 2 is 2.38 bits per heavy atom. The maximum atomic E-state index is 12.5. The van der Waals surface area contributed by atoms with Crippen molar-refractivity contribution in [1.29, 1.82) is 0 Å². The Balaban J connectivity index is 2.22.